The summed E-state index contributed by atoms with van der Waals surface area (Å²) < 4.78 is 0. The lowest BCUT2D eigenvalue weighted by Crippen LogP contribution is -2.41. The monoisotopic (exact) mass is 184 g/mol. The molecule has 13 heavy (non-hydrogen) atoms. The minimum absolute atomic E-state index is 0.276. The van der Waals surface area contributed by atoms with Gasteiger partial charge in [0.15, 0.2) is 0 Å². The average Bonchev–Trinajstić information content (AvgIpc) is 2.36. The Labute approximate surface area is 82.5 Å². The van der Waals surface area contributed by atoms with Crippen molar-refractivity contribution in [2.45, 2.75) is 40.2 Å². The van der Waals surface area contributed by atoms with Crippen LogP contribution >= 0.6 is 0 Å². The Balaban J connectivity index is 2.46. The number of rotatable bonds is 3. The van der Waals surface area contributed by atoms with E-state index in [0.717, 1.165) is 25.0 Å². The van der Waals surface area contributed by atoms with E-state index in [2.05, 4.69) is 32.6 Å². The van der Waals surface area contributed by atoms with Crippen LogP contribution < -0.4 is 5.73 Å². The van der Waals surface area contributed by atoms with Crippen LogP contribution in [0.25, 0.3) is 0 Å². The predicted molar refractivity (Wildman–Crippen MR) is 57.7 cm³/mol. The predicted octanol–water partition coefficient (Wildman–Crippen LogP) is 1.70. The Morgan fingerprint density at radius 1 is 1.38 bits per heavy atom. The molecule has 0 saturated carbocycles. The summed E-state index contributed by atoms with van der Waals surface area (Å²) in [6.07, 6.45) is 1.35. The van der Waals surface area contributed by atoms with Crippen LogP contribution in [-0.4, -0.2) is 30.6 Å². The van der Waals surface area contributed by atoms with Crippen molar-refractivity contribution in [1.82, 2.24) is 4.90 Å². The molecule has 0 spiro atoms. The maximum atomic E-state index is 5.74. The summed E-state index contributed by atoms with van der Waals surface area (Å²) in [5.41, 5.74) is 6.01. The molecule has 78 valence electrons. The van der Waals surface area contributed by atoms with Gasteiger partial charge in [-0.1, -0.05) is 20.8 Å². The second-order valence-corrected chi connectivity index (χ2v) is 5.35. The minimum Gasteiger partial charge on any atom is -0.330 e. The fraction of sp³-hybridized carbons (Fsp3) is 1.00. The van der Waals surface area contributed by atoms with Gasteiger partial charge in [0.1, 0.15) is 0 Å². The van der Waals surface area contributed by atoms with Crippen molar-refractivity contribution in [2.75, 3.05) is 19.6 Å². The smallest absolute Gasteiger partial charge is 0.00932 e. The standard InChI is InChI=1S/C11H24N2/c1-9-5-6-13(10(9)2)8-11(3,4)7-12/h9-10H,5-8,12H2,1-4H3. The quantitative estimate of drug-likeness (QED) is 0.723. The van der Waals surface area contributed by atoms with Gasteiger partial charge >= 0.3 is 0 Å². The van der Waals surface area contributed by atoms with Gasteiger partial charge in [0.05, 0.1) is 0 Å². The van der Waals surface area contributed by atoms with E-state index in [-0.39, 0.29) is 5.41 Å². The summed E-state index contributed by atoms with van der Waals surface area (Å²) in [7, 11) is 0. The van der Waals surface area contributed by atoms with Gasteiger partial charge in [-0.25, -0.2) is 0 Å². The third-order valence-corrected chi connectivity index (χ3v) is 3.45. The minimum atomic E-state index is 0.276. The molecule has 1 aliphatic rings. The highest BCUT2D eigenvalue weighted by atomic mass is 15.2. The number of nitrogens with zero attached hydrogens (tertiary/aromatic N) is 1. The fourth-order valence-corrected chi connectivity index (χ4v) is 2.01. The van der Waals surface area contributed by atoms with Gasteiger partial charge < -0.3 is 5.73 Å². The maximum absolute atomic E-state index is 5.74. The van der Waals surface area contributed by atoms with Gasteiger partial charge in [-0.2, -0.15) is 0 Å². The molecule has 0 amide bonds. The van der Waals surface area contributed by atoms with E-state index in [1.54, 1.807) is 0 Å². The molecular weight excluding hydrogens is 160 g/mol. The van der Waals surface area contributed by atoms with Gasteiger partial charge in [0.25, 0.3) is 0 Å². The molecule has 2 heteroatoms. The van der Waals surface area contributed by atoms with Gasteiger partial charge in [-0.3, -0.25) is 4.90 Å². The van der Waals surface area contributed by atoms with Crippen LogP contribution in [-0.2, 0) is 0 Å². The summed E-state index contributed by atoms with van der Waals surface area (Å²) in [6.45, 7) is 12.4. The first-order valence-electron chi connectivity index (χ1n) is 5.40. The largest absolute Gasteiger partial charge is 0.330 e. The molecule has 1 fully saturated rings. The topological polar surface area (TPSA) is 29.3 Å². The Bertz CT molecular complexity index is 165. The highest BCUT2D eigenvalue weighted by Gasteiger charge is 2.30. The van der Waals surface area contributed by atoms with Crippen molar-refractivity contribution in [3.8, 4) is 0 Å². The van der Waals surface area contributed by atoms with Crippen molar-refractivity contribution in [2.24, 2.45) is 17.1 Å². The van der Waals surface area contributed by atoms with E-state index in [4.69, 9.17) is 5.73 Å². The number of likely N-dealkylation sites (tertiary alicyclic amines) is 1. The van der Waals surface area contributed by atoms with Gasteiger partial charge in [0.2, 0.25) is 0 Å². The van der Waals surface area contributed by atoms with E-state index >= 15 is 0 Å². The molecule has 2 N–H and O–H groups in total. The molecule has 0 aromatic rings. The van der Waals surface area contributed by atoms with E-state index < -0.39 is 0 Å². The Morgan fingerprint density at radius 2 is 2.00 bits per heavy atom. The normalized spacial score (nSPS) is 31.2. The Hall–Kier alpha value is -0.0800. The summed E-state index contributed by atoms with van der Waals surface area (Å²) in [6, 6.07) is 0.742. The zero-order valence-electron chi connectivity index (χ0n) is 9.51. The molecule has 0 radical (unpaired) electrons. The maximum Gasteiger partial charge on any atom is 0.00932 e. The van der Waals surface area contributed by atoms with Crippen LogP contribution in [0.3, 0.4) is 0 Å². The van der Waals surface area contributed by atoms with Crippen LogP contribution in [0.4, 0.5) is 0 Å². The van der Waals surface area contributed by atoms with E-state index in [0.29, 0.717) is 0 Å². The van der Waals surface area contributed by atoms with Gasteiger partial charge in [-0.15, -0.1) is 0 Å². The van der Waals surface area contributed by atoms with Crippen LogP contribution in [0, 0.1) is 11.3 Å². The number of hydrogen-bond acceptors (Lipinski definition) is 2. The number of nitrogens with two attached hydrogens (primary N) is 1. The molecule has 0 aromatic heterocycles. The lowest BCUT2D eigenvalue weighted by Gasteiger charge is -2.32. The summed E-state index contributed by atoms with van der Waals surface area (Å²) >= 11 is 0. The lowest BCUT2D eigenvalue weighted by atomic mass is 9.92. The zero-order chi connectivity index (χ0) is 10.1. The second kappa shape index (κ2) is 3.97. The fourth-order valence-electron chi connectivity index (χ4n) is 2.01. The molecule has 2 nitrogen and oxygen atoms in total. The molecule has 1 heterocycles. The molecule has 0 aromatic carbocycles. The third kappa shape index (κ3) is 2.68. The zero-order valence-corrected chi connectivity index (χ0v) is 9.51. The molecule has 0 aliphatic carbocycles. The number of hydrogen-bond donors (Lipinski definition) is 1. The first kappa shape index (κ1) is 11.0. The average molecular weight is 184 g/mol. The lowest BCUT2D eigenvalue weighted by molar-refractivity contribution is 0.167. The summed E-state index contributed by atoms with van der Waals surface area (Å²) in [5, 5.41) is 0. The highest BCUT2D eigenvalue weighted by molar-refractivity contribution is 4.85. The molecule has 1 aliphatic heterocycles. The van der Waals surface area contributed by atoms with Crippen LogP contribution in [0.1, 0.15) is 34.1 Å². The highest BCUT2D eigenvalue weighted by Crippen LogP contribution is 2.27. The van der Waals surface area contributed by atoms with E-state index in [9.17, 15) is 0 Å². The van der Waals surface area contributed by atoms with Crippen molar-refractivity contribution in [1.29, 1.82) is 0 Å². The van der Waals surface area contributed by atoms with Crippen molar-refractivity contribution in [3.63, 3.8) is 0 Å². The molecule has 2 unspecified atom stereocenters. The Kier molecular flexibility index (Phi) is 3.36. The van der Waals surface area contributed by atoms with Gasteiger partial charge in [0, 0.05) is 12.6 Å². The Morgan fingerprint density at radius 3 is 2.38 bits per heavy atom. The van der Waals surface area contributed by atoms with E-state index in [1.807, 2.05) is 0 Å². The summed E-state index contributed by atoms with van der Waals surface area (Å²) in [4.78, 5) is 2.58. The van der Waals surface area contributed by atoms with Crippen LogP contribution in [0.5, 0.6) is 0 Å². The summed E-state index contributed by atoms with van der Waals surface area (Å²) in [5.74, 6) is 0.855. The van der Waals surface area contributed by atoms with Crippen molar-refractivity contribution >= 4 is 0 Å². The van der Waals surface area contributed by atoms with Crippen molar-refractivity contribution in [3.05, 3.63) is 0 Å². The molecule has 0 bridgehead atoms. The van der Waals surface area contributed by atoms with Crippen molar-refractivity contribution < 1.29 is 0 Å². The molecule has 2 atom stereocenters. The molecule has 1 saturated heterocycles. The SMILES string of the molecule is CC1CCN(CC(C)(C)CN)C1C. The van der Waals surface area contributed by atoms with E-state index in [1.165, 1.54) is 13.0 Å². The molecule has 1 rings (SSSR count). The van der Waals surface area contributed by atoms with Gasteiger partial charge in [-0.05, 0) is 37.8 Å². The van der Waals surface area contributed by atoms with Crippen LogP contribution in [0.15, 0.2) is 0 Å². The third-order valence-electron chi connectivity index (χ3n) is 3.45. The second-order valence-electron chi connectivity index (χ2n) is 5.35. The first-order valence-corrected chi connectivity index (χ1v) is 5.40. The van der Waals surface area contributed by atoms with Crippen LogP contribution in [0.2, 0.25) is 0 Å². The molecular formula is C11H24N2. The first-order chi connectivity index (χ1) is 5.96.